The van der Waals surface area contributed by atoms with Gasteiger partial charge >= 0.3 is 12.1 Å². The molecule has 1 N–H and O–H groups in total. The standard InChI is InChI=1S/C18H25ClN2O4/c1-18(2,3)25-17(24)20-9-8-15(11-20)21(12-16(22)23)10-13-4-6-14(19)7-5-13/h4-7,15H,8-12H2,1-3H3,(H,22,23). The van der Waals surface area contributed by atoms with E-state index in [0.717, 1.165) is 12.0 Å². The molecule has 1 unspecified atom stereocenters. The van der Waals surface area contributed by atoms with E-state index in [4.69, 9.17) is 16.3 Å². The minimum atomic E-state index is -0.885. The van der Waals surface area contributed by atoms with Gasteiger partial charge in [0.15, 0.2) is 0 Å². The number of carbonyl (C=O) groups excluding carboxylic acids is 1. The van der Waals surface area contributed by atoms with Gasteiger partial charge in [0.2, 0.25) is 0 Å². The number of aliphatic carboxylic acids is 1. The zero-order chi connectivity index (χ0) is 18.6. The van der Waals surface area contributed by atoms with Crippen LogP contribution in [0, 0.1) is 0 Å². The van der Waals surface area contributed by atoms with Crippen LogP contribution in [0.25, 0.3) is 0 Å². The number of nitrogens with zero attached hydrogens (tertiary/aromatic N) is 2. The Morgan fingerprint density at radius 2 is 1.96 bits per heavy atom. The van der Waals surface area contributed by atoms with Crippen molar-refractivity contribution >= 4 is 23.7 Å². The van der Waals surface area contributed by atoms with Crippen molar-refractivity contribution in [2.24, 2.45) is 0 Å². The highest BCUT2D eigenvalue weighted by molar-refractivity contribution is 6.30. The smallest absolute Gasteiger partial charge is 0.410 e. The third kappa shape index (κ3) is 6.21. The number of carboxylic acids is 1. The quantitative estimate of drug-likeness (QED) is 0.864. The lowest BCUT2D eigenvalue weighted by molar-refractivity contribution is -0.139. The number of rotatable bonds is 5. The molecule has 1 aromatic carbocycles. The molecule has 7 heteroatoms. The Morgan fingerprint density at radius 1 is 1.32 bits per heavy atom. The highest BCUT2D eigenvalue weighted by Crippen LogP contribution is 2.21. The zero-order valence-corrected chi connectivity index (χ0v) is 15.6. The fraction of sp³-hybridized carbons (Fsp3) is 0.556. The third-order valence-electron chi connectivity index (χ3n) is 3.97. The van der Waals surface area contributed by atoms with Crippen molar-refractivity contribution in [2.75, 3.05) is 19.6 Å². The van der Waals surface area contributed by atoms with Gasteiger partial charge in [-0.2, -0.15) is 0 Å². The molecule has 0 bridgehead atoms. The Balaban J connectivity index is 2.02. The van der Waals surface area contributed by atoms with Gasteiger partial charge in [-0.3, -0.25) is 9.69 Å². The molecule has 6 nitrogen and oxygen atoms in total. The highest BCUT2D eigenvalue weighted by Gasteiger charge is 2.33. The Hall–Kier alpha value is -1.79. The molecule has 1 amide bonds. The summed E-state index contributed by atoms with van der Waals surface area (Å²) in [4.78, 5) is 27.0. The molecular weight excluding hydrogens is 344 g/mol. The minimum Gasteiger partial charge on any atom is -0.480 e. The molecule has 1 aliphatic heterocycles. The Morgan fingerprint density at radius 3 is 2.52 bits per heavy atom. The van der Waals surface area contributed by atoms with E-state index in [2.05, 4.69) is 0 Å². The van der Waals surface area contributed by atoms with Gasteiger partial charge in [-0.25, -0.2) is 4.79 Å². The summed E-state index contributed by atoms with van der Waals surface area (Å²) in [6.45, 7) is 6.94. The van der Waals surface area contributed by atoms with Gasteiger partial charge in [0.1, 0.15) is 5.60 Å². The lowest BCUT2D eigenvalue weighted by atomic mass is 10.1. The summed E-state index contributed by atoms with van der Waals surface area (Å²) >= 11 is 5.90. The lowest BCUT2D eigenvalue weighted by Gasteiger charge is -2.28. The number of likely N-dealkylation sites (tertiary alicyclic amines) is 1. The summed E-state index contributed by atoms with van der Waals surface area (Å²) in [5.41, 5.74) is 0.445. The van der Waals surface area contributed by atoms with Gasteiger partial charge in [-0.15, -0.1) is 0 Å². The van der Waals surface area contributed by atoms with E-state index in [1.54, 1.807) is 17.0 Å². The van der Waals surface area contributed by atoms with E-state index in [1.165, 1.54) is 0 Å². The number of halogens is 1. The molecule has 1 heterocycles. The molecule has 25 heavy (non-hydrogen) atoms. The van der Waals surface area contributed by atoms with Crippen LogP contribution in [0.5, 0.6) is 0 Å². The molecule has 1 aromatic rings. The van der Waals surface area contributed by atoms with Gasteiger partial charge in [0, 0.05) is 30.7 Å². The maximum Gasteiger partial charge on any atom is 0.410 e. The first kappa shape index (κ1) is 19.5. The van der Waals surface area contributed by atoms with Crippen LogP contribution in [0.15, 0.2) is 24.3 Å². The normalized spacial score (nSPS) is 17.8. The van der Waals surface area contributed by atoms with E-state index >= 15 is 0 Å². The molecule has 2 rings (SSSR count). The molecule has 1 fully saturated rings. The fourth-order valence-corrected chi connectivity index (χ4v) is 2.97. The number of amides is 1. The molecule has 1 aliphatic rings. The summed E-state index contributed by atoms with van der Waals surface area (Å²) in [6, 6.07) is 7.34. The van der Waals surface area contributed by atoms with E-state index in [9.17, 15) is 14.7 Å². The predicted octanol–water partition coefficient (Wildman–Crippen LogP) is 3.24. The number of ether oxygens (including phenoxy) is 1. The minimum absolute atomic E-state index is 0.0145. The average Bonchev–Trinajstić information content (AvgIpc) is 2.96. The van der Waals surface area contributed by atoms with E-state index in [-0.39, 0.29) is 18.7 Å². The first-order chi connectivity index (χ1) is 11.6. The highest BCUT2D eigenvalue weighted by atomic mass is 35.5. The summed E-state index contributed by atoms with van der Waals surface area (Å²) in [5.74, 6) is -0.885. The van der Waals surface area contributed by atoms with Crippen molar-refractivity contribution in [1.29, 1.82) is 0 Å². The predicted molar refractivity (Wildman–Crippen MR) is 95.7 cm³/mol. The summed E-state index contributed by atoms with van der Waals surface area (Å²) in [6.07, 6.45) is 0.372. The molecule has 0 radical (unpaired) electrons. The van der Waals surface area contributed by atoms with Crippen LogP contribution in [0.4, 0.5) is 4.79 Å². The van der Waals surface area contributed by atoms with Crippen LogP contribution in [0.2, 0.25) is 5.02 Å². The van der Waals surface area contributed by atoms with Crippen molar-refractivity contribution in [3.8, 4) is 0 Å². The second-order valence-corrected chi connectivity index (χ2v) is 7.73. The molecule has 0 aliphatic carbocycles. The number of hydrogen-bond acceptors (Lipinski definition) is 4. The zero-order valence-electron chi connectivity index (χ0n) is 14.9. The van der Waals surface area contributed by atoms with Gasteiger partial charge in [0.25, 0.3) is 0 Å². The number of hydrogen-bond donors (Lipinski definition) is 1. The van der Waals surface area contributed by atoms with Crippen LogP contribution in [-0.4, -0.2) is 58.2 Å². The van der Waals surface area contributed by atoms with Crippen molar-refractivity contribution < 1.29 is 19.4 Å². The maximum absolute atomic E-state index is 12.2. The van der Waals surface area contributed by atoms with E-state index < -0.39 is 11.6 Å². The Kier molecular flexibility index (Phi) is 6.30. The van der Waals surface area contributed by atoms with Gasteiger partial charge < -0.3 is 14.7 Å². The summed E-state index contributed by atoms with van der Waals surface area (Å²) in [7, 11) is 0. The summed E-state index contributed by atoms with van der Waals surface area (Å²) < 4.78 is 5.40. The largest absolute Gasteiger partial charge is 0.480 e. The molecule has 0 saturated carbocycles. The molecule has 138 valence electrons. The number of benzene rings is 1. The fourth-order valence-electron chi connectivity index (χ4n) is 2.84. The first-order valence-electron chi connectivity index (χ1n) is 8.32. The second kappa shape index (κ2) is 8.06. The Bertz CT molecular complexity index is 612. The van der Waals surface area contributed by atoms with Crippen LogP contribution in [0.3, 0.4) is 0 Å². The van der Waals surface area contributed by atoms with Crippen molar-refractivity contribution in [3.63, 3.8) is 0 Å². The molecular formula is C18H25ClN2O4. The monoisotopic (exact) mass is 368 g/mol. The second-order valence-electron chi connectivity index (χ2n) is 7.29. The lowest BCUT2D eigenvalue weighted by Crippen LogP contribution is -2.42. The van der Waals surface area contributed by atoms with Crippen LogP contribution >= 0.6 is 11.6 Å². The van der Waals surface area contributed by atoms with Crippen molar-refractivity contribution in [3.05, 3.63) is 34.9 Å². The van der Waals surface area contributed by atoms with Crippen molar-refractivity contribution in [1.82, 2.24) is 9.80 Å². The molecule has 1 atom stereocenters. The number of carbonyl (C=O) groups is 2. The van der Waals surface area contributed by atoms with Gasteiger partial charge in [0.05, 0.1) is 6.54 Å². The number of carboxylic acid groups (broad SMARTS) is 1. The molecule has 0 spiro atoms. The SMILES string of the molecule is CC(C)(C)OC(=O)N1CCC(N(CC(=O)O)Cc2ccc(Cl)cc2)C1. The van der Waals surface area contributed by atoms with E-state index in [0.29, 0.717) is 24.7 Å². The molecule has 0 aromatic heterocycles. The van der Waals surface area contributed by atoms with Crippen molar-refractivity contribution in [2.45, 2.75) is 45.4 Å². The molecule has 1 saturated heterocycles. The van der Waals surface area contributed by atoms with Gasteiger partial charge in [-0.05, 0) is 44.9 Å². The first-order valence-corrected chi connectivity index (χ1v) is 8.70. The van der Waals surface area contributed by atoms with Crippen LogP contribution in [-0.2, 0) is 16.1 Å². The third-order valence-corrected chi connectivity index (χ3v) is 4.22. The van der Waals surface area contributed by atoms with Crippen LogP contribution < -0.4 is 0 Å². The average molecular weight is 369 g/mol. The summed E-state index contributed by atoms with van der Waals surface area (Å²) in [5, 5.41) is 9.87. The topological polar surface area (TPSA) is 70.1 Å². The Labute approximate surface area is 153 Å². The van der Waals surface area contributed by atoms with E-state index in [1.807, 2.05) is 37.8 Å². The van der Waals surface area contributed by atoms with Crippen LogP contribution in [0.1, 0.15) is 32.8 Å². The maximum atomic E-state index is 12.2. The van der Waals surface area contributed by atoms with Gasteiger partial charge in [-0.1, -0.05) is 23.7 Å².